The molecule has 1 saturated heterocycles. The highest BCUT2D eigenvalue weighted by atomic mass is 32.2. The molecule has 0 amide bonds. The van der Waals surface area contributed by atoms with Crippen molar-refractivity contribution in [3.05, 3.63) is 66.5 Å². The van der Waals surface area contributed by atoms with E-state index in [4.69, 9.17) is 9.47 Å². The number of aromatic nitrogens is 4. The third-order valence-electron chi connectivity index (χ3n) is 6.25. The molecule has 3 heterocycles. The second kappa shape index (κ2) is 11.3. The summed E-state index contributed by atoms with van der Waals surface area (Å²) in [6.07, 6.45) is 2.67. The molecule has 0 radical (unpaired) electrons. The maximum atomic E-state index is 13.0. The van der Waals surface area contributed by atoms with Crippen LogP contribution in [0.3, 0.4) is 0 Å². The second-order valence-corrected chi connectivity index (χ2v) is 10.8. The number of piperazine rings is 1. The van der Waals surface area contributed by atoms with Gasteiger partial charge in [-0.3, -0.25) is 4.68 Å². The zero-order chi connectivity index (χ0) is 27.4. The van der Waals surface area contributed by atoms with Crippen molar-refractivity contribution in [2.24, 2.45) is 7.05 Å². The summed E-state index contributed by atoms with van der Waals surface area (Å²) in [7, 11) is -2.32. The Kier molecular flexibility index (Phi) is 7.66. The number of sulfonamides is 1. The number of hydrogen-bond acceptors (Lipinski definition) is 9. The summed E-state index contributed by atoms with van der Waals surface area (Å²) in [6, 6.07) is 15.1. The smallest absolute Gasteiger partial charge is 0.267 e. The van der Waals surface area contributed by atoms with Gasteiger partial charge in [0.2, 0.25) is 11.8 Å². The molecule has 12 heteroatoms. The van der Waals surface area contributed by atoms with Gasteiger partial charge in [0.1, 0.15) is 16.4 Å². The predicted octanol–water partition coefficient (Wildman–Crippen LogP) is 3.59. The van der Waals surface area contributed by atoms with Crippen molar-refractivity contribution in [2.45, 2.75) is 18.7 Å². The van der Waals surface area contributed by atoms with Crippen LogP contribution >= 0.6 is 0 Å². The molecular weight excluding hydrogens is 518 g/mol. The number of benzene rings is 2. The maximum absolute atomic E-state index is 13.0. The van der Waals surface area contributed by atoms with Crippen LogP contribution in [0.1, 0.15) is 12.5 Å². The van der Waals surface area contributed by atoms with Crippen molar-refractivity contribution in [3.63, 3.8) is 0 Å². The van der Waals surface area contributed by atoms with Crippen LogP contribution in [0.2, 0.25) is 0 Å². The lowest BCUT2D eigenvalue weighted by atomic mass is 10.1. The van der Waals surface area contributed by atoms with Crippen LogP contribution in [-0.2, 0) is 17.1 Å². The molecule has 11 nitrogen and oxygen atoms in total. The van der Waals surface area contributed by atoms with Crippen LogP contribution in [0.4, 0.5) is 11.6 Å². The summed E-state index contributed by atoms with van der Waals surface area (Å²) in [5, 5.41) is 7.30. The molecular formula is C27H31N7O4S. The Morgan fingerprint density at radius 3 is 2.44 bits per heavy atom. The van der Waals surface area contributed by atoms with E-state index < -0.39 is 10.0 Å². The fourth-order valence-corrected chi connectivity index (χ4v) is 5.25. The molecule has 39 heavy (non-hydrogen) atoms. The third-order valence-corrected chi connectivity index (χ3v) is 7.53. The molecule has 1 aliphatic heterocycles. The van der Waals surface area contributed by atoms with Crippen molar-refractivity contribution in [3.8, 4) is 28.6 Å². The molecule has 0 spiro atoms. The number of nitrogens with one attached hydrogen (secondary N) is 2. The zero-order valence-corrected chi connectivity index (χ0v) is 22.9. The lowest BCUT2D eigenvalue weighted by molar-refractivity contribution is 0.340. The Morgan fingerprint density at radius 2 is 1.77 bits per heavy atom. The SMILES string of the molecule is CCOc1ccc(-c2cc(Oc3ccc(N4CCNCC4)cc3)nc(NS(=O)(=O)c3cnn(C)c3)n2)c(C)c1. The number of aryl methyl sites for hydroxylation is 2. The van der Waals surface area contributed by atoms with Gasteiger partial charge in [0.15, 0.2) is 0 Å². The first-order chi connectivity index (χ1) is 18.8. The first-order valence-electron chi connectivity index (χ1n) is 12.7. The van der Waals surface area contributed by atoms with E-state index in [1.807, 2.05) is 56.3 Å². The van der Waals surface area contributed by atoms with Gasteiger partial charge in [-0.15, -0.1) is 0 Å². The van der Waals surface area contributed by atoms with E-state index in [1.54, 1.807) is 13.1 Å². The molecule has 2 N–H and O–H groups in total. The van der Waals surface area contributed by atoms with E-state index in [9.17, 15) is 8.42 Å². The minimum absolute atomic E-state index is 0.00206. The summed E-state index contributed by atoms with van der Waals surface area (Å²) in [5.74, 6) is 1.40. The molecule has 4 aromatic rings. The van der Waals surface area contributed by atoms with Crippen LogP contribution in [-0.4, -0.2) is 61.0 Å². The monoisotopic (exact) mass is 549 g/mol. The van der Waals surface area contributed by atoms with Crippen LogP contribution < -0.4 is 24.4 Å². The Labute approximate surface area is 227 Å². The van der Waals surface area contributed by atoms with Gasteiger partial charge in [0.05, 0.1) is 18.5 Å². The summed E-state index contributed by atoms with van der Waals surface area (Å²) in [4.78, 5) is 11.2. The summed E-state index contributed by atoms with van der Waals surface area (Å²) >= 11 is 0. The largest absolute Gasteiger partial charge is 0.494 e. The van der Waals surface area contributed by atoms with Crippen LogP contribution in [0.15, 0.2) is 65.8 Å². The quantitative estimate of drug-likeness (QED) is 0.322. The molecule has 2 aromatic carbocycles. The Bertz CT molecular complexity index is 1550. The van der Waals surface area contributed by atoms with Gasteiger partial charge in [0, 0.05) is 56.7 Å². The van der Waals surface area contributed by atoms with Gasteiger partial charge in [-0.25, -0.2) is 18.1 Å². The van der Waals surface area contributed by atoms with Crippen LogP contribution in [0, 0.1) is 6.92 Å². The molecule has 0 unspecified atom stereocenters. The first-order valence-corrected chi connectivity index (χ1v) is 14.2. The Morgan fingerprint density at radius 1 is 1.03 bits per heavy atom. The highest BCUT2D eigenvalue weighted by Crippen LogP contribution is 2.31. The molecule has 204 valence electrons. The van der Waals surface area contributed by atoms with Gasteiger partial charge in [-0.1, -0.05) is 0 Å². The van der Waals surface area contributed by atoms with E-state index >= 15 is 0 Å². The van der Waals surface area contributed by atoms with E-state index in [0.29, 0.717) is 18.1 Å². The summed E-state index contributed by atoms with van der Waals surface area (Å²) < 4.78 is 41.6. The fraction of sp³-hybridized carbons (Fsp3) is 0.296. The lowest BCUT2D eigenvalue weighted by Gasteiger charge is -2.29. The first kappa shape index (κ1) is 26.4. The van der Waals surface area contributed by atoms with E-state index in [0.717, 1.165) is 48.7 Å². The predicted molar refractivity (Wildman–Crippen MR) is 149 cm³/mol. The maximum Gasteiger partial charge on any atom is 0.267 e. The fourth-order valence-electron chi connectivity index (χ4n) is 4.33. The van der Waals surface area contributed by atoms with E-state index in [-0.39, 0.29) is 16.7 Å². The summed E-state index contributed by atoms with van der Waals surface area (Å²) in [6.45, 7) is 8.20. The van der Waals surface area contributed by atoms with Gasteiger partial charge in [-0.2, -0.15) is 10.1 Å². The normalized spacial score (nSPS) is 13.8. The van der Waals surface area contributed by atoms with Gasteiger partial charge < -0.3 is 19.7 Å². The third kappa shape index (κ3) is 6.29. The Hall–Kier alpha value is -4.16. The molecule has 2 aromatic heterocycles. The average molecular weight is 550 g/mol. The molecule has 0 aliphatic carbocycles. The molecule has 0 atom stereocenters. The summed E-state index contributed by atoms with van der Waals surface area (Å²) in [5.41, 5.74) is 3.32. The van der Waals surface area contributed by atoms with Crippen molar-refractivity contribution in [2.75, 3.05) is 42.4 Å². The highest BCUT2D eigenvalue weighted by Gasteiger charge is 2.20. The van der Waals surface area contributed by atoms with Gasteiger partial charge in [-0.05, 0) is 61.9 Å². The number of rotatable bonds is 9. The van der Waals surface area contributed by atoms with E-state index in [2.05, 4.69) is 30.0 Å². The number of anilines is 2. The topological polar surface area (TPSA) is 123 Å². The van der Waals surface area contributed by atoms with Gasteiger partial charge in [0.25, 0.3) is 10.0 Å². The minimum atomic E-state index is -3.97. The second-order valence-electron chi connectivity index (χ2n) is 9.11. The van der Waals surface area contributed by atoms with Gasteiger partial charge >= 0.3 is 0 Å². The molecule has 5 rings (SSSR count). The van der Waals surface area contributed by atoms with Crippen LogP contribution in [0.5, 0.6) is 17.4 Å². The van der Waals surface area contributed by atoms with E-state index in [1.165, 1.54) is 17.1 Å². The van der Waals surface area contributed by atoms with Crippen molar-refractivity contribution in [1.29, 1.82) is 0 Å². The lowest BCUT2D eigenvalue weighted by Crippen LogP contribution is -2.43. The number of ether oxygens (including phenoxy) is 2. The van der Waals surface area contributed by atoms with Crippen molar-refractivity contribution >= 4 is 21.7 Å². The minimum Gasteiger partial charge on any atom is -0.494 e. The zero-order valence-electron chi connectivity index (χ0n) is 22.1. The highest BCUT2D eigenvalue weighted by molar-refractivity contribution is 7.92. The Balaban J connectivity index is 1.47. The molecule has 0 bridgehead atoms. The number of hydrogen-bond donors (Lipinski definition) is 2. The standard InChI is InChI=1S/C27H31N7O4S/c1-4-37-22-9-10-24(19(2)15-22)25-16-26(31-27(30-25)32-39(35,36)23-17-29-33(3)18-23)38-21-7-5-20(6-8-21)34-13-11-28-12-14-34/h5-10,15-18,28H,4,11-14H2,1-3H3,(H,30,31,32). The van der Waals surface area contributed by atoms with Crippen molar-refractivity contribution in [1.82, 2.24) is 25.1 Å². The van der Waals surface area contributed by atoms with Crippen LogP contribution in [0.25, 0.3) is 11.3 Å². The number of nitrogens with zero attached hydrogens (tertiary/aromatic N) is 5. The molecule has 1 aliphatic rings. The average Bonchev–Trinajstić information content (AvgIpc) is 3.37. The molecule has 0 saturated carbocycles. The van der Waals surface area contributed by atoms with Crippen molar-refractivity contribution < 1.29 is 17.9 Å². The molecule has 1 fully saturated rings.